The molecule has 2 aromatic carbocycles. The van der Waals surface area contributed by atoms with Crippen molar-refractivity contribution in [1.82, 2.24) is 19.8 Å². The Morgan fingerprint density at radius 3 is 2.63 bits per heavy atom. The van der Waals surface area contributed by atoms with Crippen LogP contribution in [0.15, 0.2) is 53.3 Å². The number of rotatable bonds is 7. The normalized spacial score (nSPS) is 13.8. The van der Waals surface area contributed by atoms with E-state index in [1.165, 1.54) is 35.7 Å². The molecule has 0 saturated heterocycles. The molecule has 0 bridgehead atoms. The number of carbonyl (C=O) groups is 2. The molecule has 38 heavy (non-hydrogen) atoms. The summed E-state index contributed by atoms with van der Waals surface area (Å²) in [6, 6.07) is 12.9. The van der Waals surface area contributed by atoms with Crippen LogP contribution < -0.4 is 20.3 Å². The zero-order valence-corrected chi connectivity index (χ0v) is 21.6. The second kappa shape index (κ2) is 11.0. The van der Waals surface area contributed by atoms with Gasteiger partial charge in [0.05, 0.1) is 13.2 Å². The fourth-order valence-corrected chi connectivity index (χ4v) is 3.89. The zero-order chi connectivity index (χ0) is 27.4. The first-order chi connectivity index (χ1) is 18.1. The standard InChI is InChI=1S/C27H29FN4O6/c1-27(2)25-30-21(22(24(34)32(25)12-13-37-27)36-16-17-8-6-5-7-9-17)23(33)29-15-18-10-11-19(28)14-20(18)38-26(35)31(3)4/h5-11,14H,12-13,15-16H2,1-4H3,(H,29,33). The lowest BCUT2D eigenvalue weighted by atomic mass is 10.1. The Hall–Kier alpha value is -4.25. The predicted octanol–water partition coefficient (Wildman–Crippen LogP) is 3.22. The summed E-state index contributed by atoms with van der Waals surface area (Å²) >= 11 is 0. The molecule has 0 spiro atoms. The monoisotopic (exact) mass is 524 g/mol. The molecule has 1 aliphatic heterocycles. The van der Waals surface area contributed by atoms with Crippen LogP contribution in [0.25, 0.3) is 0 Å². The topological polar surface area (TPSA) is 112 Å². The molecule has 1 aromatic heterocycles. The lowest BCUT2D eigenvalue weighted by Crippen LogP contribution is -2.43. The van der Waals surface area contributed by atoms with Crippen molar-refractivity contribution in [3.05, 3.63) is 87.3 Å². The van der Waals surface area contributed by atoms with Gasteiger partial charge >= 0.3 is 6.09 Å². The van der Waals surface area contributed by atoms with E-state index in [9.17, 15) is 18.8 Å². The number of halogens is 1. The van der Waals surface area contributed by atoms with Crippen molar-refractivity contribution < 1.29 is 28.2 Å². The van der Waals surface area contributed by atoms with Gasteiger partial charge in [-0.1, -0.05) is 36.4 Å². The lowest BCUT2D eigenvalue weighted by Gasteiger charge is -2.32. The molecule has 4 rings (SSSR count). The number of nitrogens with one attached hydrogen (secondary N) is 1. The van der Waals surface area contributed by atoms with Crippen LogP contribution >= 0.6 is 0 Å². The lowest BCUT2D eigenvalue weighted by molar-refractivity contribution is -0.0567. The van der Waals surface area contributed by atoms with Crippen LogP contribution in [0.2, 0.25) is 0 Å². The van der Waals surface area contributed by atoms with Gasteiger partial charge in [0.2, 0.25) is 5.75 Å². The maximum atomic E-state index is 13.8. The number of nitrogens with zero attached hydrogens (tertiary/aromatic N) is 3. The van der Waals surface area contributed by atoms with Crippen molar-refractivity contribution >= 4 is 12.0 Å². The first-order valence-corrected chi connectivity index (χ1v) is 12.0. The summed E-state index contributed by atoms with van der Waals surface area (Å²) in [6.07, 6.45) is -0.702. The molecule has 0 aliphatic carbocycles. The van der Waals surface area contributed by atoms with Gasteiger partial charge in [0.1, 0.15) is 29.6 Å². The molecule has 0 unspecified atom stereocenters. The fraction of sp³-hybridized carbons (Fsp3) is 0.333. The van der Waals surface area contributed by atoms with Gasteiger partial charge in [-0.15, -0.1) is 0 Å². The Bertz CT molecular complexity index is 1400. The molecule has 200 valence electrons. The van der Waals surface area contributed by atoms with Gasteiger partial charge in [0.25, 0.3) is 11.5 Å². The second-order valence-corrected chi connectivity index (χ2v) is 9.40. The van der Waals surface area contributed by atoms with Crippen molar-refractivity contribution in [1.29, 1.82) is 0 Å². The summed E-state index contributed by atoms with van der Waals surface area (Å²) in [7, 11) is 2.98. The number of fused-ring (bicyclic) bond motifs is 1. The van der Waals surface area contributed by atoms with Crippen LogP contribution in [0.3, 0.4) is 0 Å². The van der Waals surface area contributed by atoms with Crippen molar-refractivity contribution in [3.63, 3.8) is 0 Å². The first-order valence-electron chi connectivity index (χ1n) is 12.0. The third-order valence-electron chi connectivity index (χ3n) is 5.92. The summed E-state index contributed by atoms with van der Waals surface area (Å²) in [4.78, 5) is 44.6. The van der Waals surface area contributed by atoms with E-state index in [2.05, 4.69) is 10.3 Å². The molecule has 2 amide bonds. The highest BCUT2D eigenvalue weighted by Crippen LogP contribution is 2.28. The summed E-state index contributed by atoms with van der Waals surface area (Å²) in [5.74, 6) is -1.23. The molecule has 0 atom stereocenters. The average molecular weight is 525 g/mol. The van der Waals surface area contributed by atoms with Crippen LogP contribution in [0, 0.1) is 5.82 Å². The molecule has 2 heterocycles. The van der Waals surface area contributed by atoms with Crippen LogP contribution in [-0.2, 0) is 30.0 Å². The number of amides is 2. The third-order valence-corrected chi connectivity index (χ3v) is 5.92. The molecule has 0 radical (unpaired) electrons. The third kappa shape index (κ3) is 5.83. The van der Waals surface area contributed by atoms with Crippen molar-refractivity contribution in [2.24, 2.45) is 0 Å². The van der Waals surface area contributed by atoms with E-state index in [-0.39, 0.29) is 36.9 Å². The minimum absolute atomic E-state index is 0.0439. The van der Waals surface area contributed by atoms with Crippen molar-refractivity contribution in [3.8, 4) is 11.5 Å². The van der Waals surface area contributed by atoms with Gasteiger partial charge in [-0.05, 0) is 25.5 Å². The van der Waals surface area contributed by atoms with Crippen molar-refractivity contribution in [2.45, 2.75) is 39.1 Å². The van der Waals surface area contributed by atoms with E-state index in [4.69, 9.17) is 14.2 Å². The Kier molecular flexibility index (Phi) is 7.77. The summed E-state index contributed by atoms with van der Waals surface area (Å²) in [5.41, 5.74) is -0.447. The highest BCUT2D eigenvalue weighted by Gasteiger charge is 2.35. The van der Waals surface area contributed by atoms with E-state index >= 15 is 0 Å². The largest absolute Gasteiger partial charge is 0.481 e. The first kappa shape index (κ1) is 26.8. The minimum atomic E-state index is -0.908. The van der Waals surface area contributed by atoms with Gasteiger partial charge in [-0.3, -0.25) is 14.2 Å². The Morgan fingerprint density at radius 1 is 1.18 bits per heavy atom. The van der Waals surface area contributed by atoms with Gasteiger partial charge < -0.3 is 24.4 Å². The molecule has 11 heteroatoms. The summed E-state index contributed by atoms with van der Waals surface area (Å²) in [5, 5.41) is 2.68. The molecule has 1 N–H and O–H groups in total. The zero-order valence-electron chi connectivity index (χ0n) is 21.6. The predicted molar refractivity (Wildman–Crippen MR) is 136 cm³/mol. The van der Waals surface area contributed by atoms with Crippen LogP contribution in [-0.4, -0.2) is 47.2 Å². The summed E-state index contributed by atoms with van der Waals surface area (Å²) < 4.78 is 32.2. The number of ether oxygens (including phenoxy) is 3. The molecule has 3 aromatic rings. The van der Waals surface area contributed by atoms with E-state index < -0.39 is 29.0 Å². The number of hydrogen-bond acceptors (Lipinski definition) is 7. The van der Waals surface area contributed by atoms with Crippen LogP contribution in [0.5, 0.6) is 11.5 Å². The molecule has 1 aliphatic rings. The highest BCUT2D eigenvalue weighted by molar-refractivity contribution is 5.94. The van der Waals surface area contributed by atoms with Gasteiger partial charge in [-0.2, -0.15) is 0 Å². The van der Waals surface area contributed by atoms with Crippen LogP contribution in [0.4, 0.5) is 9.18 Å². The SMILES string of the molecule is CN(C)C(=O)Oc1cc(F)ccc1CNC(=O)c1nc2n(c(=O)c1OCc1ccccc1)CCOC2(C)C. The van der Waals surface area contributed by atoms with Crippen molar-refractivity contribution in [2.75, 3.05) is 20.7 Å². The number of aromatic nitrogens is 2. The molecule has 0 fully saturated rings. The van der Waals surface area contributed by atoms with Crippen LogP contribution in [0.1, 0.15) is 41.3 Å². The highest BCUT2D eigenvalue weighted by atomic mass is 19.1. The Balaban J connectivity index is 1.65. The maximum absolute atomic E-state index is 13.8. The van der Waals surface area contributed by atoms with Gasteiger partial charge in [-0.25, -0.2) is 14.2 Å². The van der Waals surface area contributed by atoms with Gasteiger partial charge in [0.15, 0.2) is 5.69 Å². The molecular formula is C27H29FN4O6. The van der Waals surface area contributed by atoms with E-state index in [1.54, 1.807) is 13.8 Å². The number of carbonyl (C=O) groups excluding carboxylic acids is 2. The van der Waals surface area contributed by atoms with E-state index in [0.29, 0.717) is 18.0 Å². The molecule has 0 saturated carbocycles. The molecular weight excluding hydrogens is 495 g/mol. The number of benzene rings is 2. The maximum Gasteiger partial charge on any atom is 0.414 e. The quantitative estimate of drug-likeness (QED) is 0.505. The Labute approximate surface area is 219 Å². The second-order valence-electron chi connectivity index (χ2n) is 9.40. The number of hydrogen-bond donors (Lipinski definition) is 1. The minimum Gasteiger partial charge on any atom is -0.481 e. The average Bonchev–Trinajstić information content (AvgIpc) is 2.88. The summed E-state index contributed by atoms with van der Waals surface area (Å²) in [6.45, 7) is 4.03. The smallest absolute Gasteiger partial charge is 0.414 e. The van der Waals surface area contributed by atoms with E-state index in [0.717, 1.165) is 11.6 Å². The Morgan fingerprint density at radius 2 is 1.92 bits per heavy atom. The molecule has 10 nitrogen and oxygen atoms in total. The fourth-order valence-electron chi connectivity index (χ4n) is 3.89. The van der Waals surface area contributed by atoms with E-state index in [1.807, 2.05) is 30.3 Å². The van der Waals surface area contributed by atoms with Gasteiger partial charge in [0, 0.05) is 32.3 Å².